The van der Waals surface area contributed by atoms with Crippen LogP contribution in [0.25, 0.3) is 0 Å². The van der Waals surface area contributed by atoms with Gasteiger partial charge in [0.1, 0.15) is 0 Å². The van der Waals surface area contributed by atoms with E-state index in [2.05, 4.69) is 5.43 Å². The third kappa shape index (κ3) is 2.27. The van der Waals surface area contributed by atoms with Crippen LogP contribution in [0, 0.1) is 5.92 Å². The topological polar surface area (TPSA) is 34.0 Å². The Balaban J connectivity index is 2.47. The van der Waals surface area contributed by atoms with Crippen molar-refractivity contribution in [2.75, 3.05) is 11.3 Å². The van der Waals surface area contributed by atoms with Crippen molar-refractivity contribution in [3.63, 3.8) is 0 Å². The lowest BCUT2D eigenvalue weighted by molar-refractivity contribution is -0.119. The Labute approximate surface area is 76.3 Å². The molecule has 12 heavy (non-hydrogen) atoms. The highest BCUT2D eigenvalue weighted by atomic mass is 35.5. The average molecular weight is 187 g/mol. The van der Waals surface area contributed by atoms with Gasteiger partial charge in [-0.3, -0.25) is 14.9 Å². The number of hydrogen-bond donors (Lipinski definition) is 1. The number of carbonyl (C=O) groups is 1. The fourth-order valence-corrected chi connectivity index (χ4v) is 0.857. The normalized spacial score (nSPS) is 12.5. The fraction of sp³-hybridized carbons (Fsp3) is 0.375. The van der Waals surface area contributed by atoms with Crippen LogP contribution in [-0.4, -0.2) is 16.5 Å². The summed E-state index contributed by atoms with van der Waals surface area (Å²) in [6.07, 6.45) is 3.53. The minimum Gasteiger partial charge on any atom is -0.273 e. The van der Waals surface area contributed by atoms with E-state index in [1.807, 2.05) is 12.1 Å². The van der Waals surface area contributed by atoms with E-state index in [1.54, 1.807) is 24.0 Å². The first-order valence-electron chi connectivity index (χ1n) is 3.74. The number of amides is 1. The van der Waals surface area contributed by atoms with E-state index in [-0.39, 0.29) is 11.8 Å². The van der Waals surface area contributed by atoms with Crippen LogP contribution in [0.4, 0.5) is 0 Å². The van der Waals surface area contributed by atoms with Crippen molar-refractivity contribution in [1.29, 1.82) is 0 Å². The second-order valence-corrected chi connectivity index (χ2v) is 2.93. The van der Waals surface area contributed by atoms with Gasteiger partial charge >= 0.3 is 0 Å². The van der Waals surface area contributed by atoms with Crippen LogP contribution < -0.4 is 5.43 Å². The Bertz CT molecular complexity index is 246. The Kier molecular flexibility index (Phi) is 3.17. The number of carbonyl (C=O) groups excluding carboxylic acids is 1. The molecule has 0 saturated carbocycles. The van der Waals surface area contributed by atoms with Crippen LogP contribution in [0.15, 0.2) is 24.5 Å². The van der Waals surface area contributed by atoms with Gasteiger partial charge in [0.25, 0.3) is 0 Å². The van der Waals surface area contributed by atoms with Crippen LogP contribution in [0.3, 0.4) is 0 Å². The summed E-state index contributed by atoms with van der Waals surface area (Å²) < 4.78 is 1.60. The average Bonchev–Trinajstić information content (AvgIpc) is 2.55. The molecule has 0 aromatic carbocycles. The van der Waals surface area contributed by atoms with Crippen molar-refractivity contribution in [2.24, 2.45) is 5.92 Å². The standard InChI is InChI=1S/C8H11ClN2O/c1-7(6-9)8(12)10-11-4-2-3-5-11/h2-5,7H,6H2,1H3,(H,10,12). The summed E-state index contributed by atoms with van der Waals surface area (Å²) in [4.78, 5) is 11.2. The maximum absolute atomic E-state index is 11.2. The number of nitrogens with zero attached hydrogens (tertiary/aromatic N) is 1. The Morgan fingerprint density at radius 1 is 1.58 bits per heavy atom. The molecule has 1 N–H and O–H groups in total. The lowest BCUT2D eigenvalue weighted by Gasteiger charge is -2.09. The van der Waals surface area contributed by atoms with Gasteiger partial charge in [0.05, 0.1) is 5.92 Å². The molecule has 1 amide bonds. The highest BCUT2D eigenvalue weighted by Gasteiger charge is 2.10. The lowest BCUT2D eigenvalue weighted by atomic mass is 10.2. The second kappa shape index (κ2) is 4.16. The van der Waals surface area contributed by atoms with Crippen LogP contribution in [0.5, 0.6) is 0 Å². The highest BCUT2D eigenvalue weighted by molar-refractivity contribution is 6.19. The van der Waals surface area contributed by atoms with Gasteiger partial charge in [-0.05, 0) is 12.1 Å². The summed E-state index contributed by atoms with van der Waals surface area (Å²) in [6, 6.07) is 3.68. The molecule has 0 spiro atoms. The van der Waals surface area contributed by atoms with Crippen molar-refractivity contribution < 1.29 is 4.79 Å². The van der Waals surface area contributed by atoms with Crippen LogP contribution in [0.1, 0.15) is 6.92 Å². The monoisotopic (exact) mass is 186 g/mol. The van der Waals surface area contributed by atoms with Crippen molar-refractivity contribution in [3.8, 4) is 0 Å². The molecule has 0 aliphatic rings. The first kappa shape index (κ1) is 9.13. The third-order valence-electron chi connectivity index (χ3n) is 1.52. The molecule has 1 heterocycles. The van der Waals surface area contributed by atoms with Crippen molar-refractivity contribution in [1.82, 2.24) is 4.68 Å². The van der Waals surface area contributed by atoms with Crippen molar-refractivity contribution >= 4 is 17.5 Å². The summed E-state index contributed by atoms with van der Waals surface area (Å²) in [5.41, 5.74) is 2.67. The zero-order chi connectivity index (χ0) is 8.97. The summed E-state index contributed by atoms with van der Waals surface area (Å²) in [5, 5.41) is 0. The summed E-state index contributed by atoms with van der Waals surface area (Å²) in [7, 11) is 0. The van der Waals surface area contributed by atoms with Gasteiger partial charge in [0, 0.05) is 18.3 Å². The zero-order valence-electron chi connectivity index (χ0n) is 6.83. The molecule has 66 valence electrons. The quantitative estimate of drug-likeness (QED) is 0.713. The van der Waals surface area contributed by atoms with E-state index >= 15 is 0 Å². The fourth-order valence-electron chi connectivity index (χ4n) is 0.717. The van der Waals surface area contributed by atoms with Gasteiger partial charge in [-0.1, -0.05) is 6.92 Å². The Hall–Kier alpha value is -0.960. The molecule has 0 fully saturated rings. The summed E-state index contributed by atoms with van der Waals surface area (Å²) >= 11 is 5.52. The molecule has 1 rings (SSSR count). The van der Waals surface area contributed by atoms with E-state index in [0.717, 1.165) is 0 Å². The minimum absolute atomic E-state index is 0.0683. The molecular weight excluding hydrogens is 176 g/mol. The first-order chi connectivity index (χ1) is 5.74. The predicted molar refractivity (Wildman–Crippen MR) is 48.7 cm³/mol. The van der Waals surface area contributed by atoms with Crippen molar-refractivity contribution in [3.05, 3.63) is 24.5 Å². The second-order valence-electron chi connectivity index (χ2n) is 2.62. The zero-order valence-corrected chi connectivity index (χ0v) is 7.58. The number of halogens is 1. The maximum Gasteiger partial charge on any atom is 0.242 e. The Morgan fingerprint density at radius 3 is 2.67 bits per heavy atom. The summed E-state index contributed by atoms with van der Waals surface area (Å²) in [6.45, 7) is 1.78. The number of hydrogen-bond acceptors (Lipinski definition) is 1. The molecule has 3 nitrogen and oxygen atoms in total. The highest BCUT2D eigenvalue weighted by Crippen LogP contribution is 1.98. The van der Waals surface area contributed by atoms with Gasteiger partial charge in [-0.25, -0.2) is 0 Å². The molecule has 4 heteroatoms. The molecular formula is C8H11ClN2O. The van der Waals surface area contributed by atoms with Gasteiger partial charge in [-0.15, -0.1) is 11.6 Å². The van der Waals surface area contributed by atoms with E-state index in [0.29, 0.717) is 5.88 Å². The van der Waals surface area contributed by atoms with E-state index in [1.165, 1.54) is 0 Å². The Morgan fingerprint density at radius 2 is 2.17 bits per heavy atom. The molecule has 1 atom stereocenters. The van der Waals surface area contributed by atoms with Crippen LogP contribution >= 0.6 is 11.6 Å². The lowest BCUT2D eigenvalue weighted by Crippen LogP contribution is -2.27. The largest absolute Gasteiger partial charge is 0.273 e. The smallest absolute Gasteiger partial charge is 0.242 e. The number of nitrogens with one attached hydrogen (secondary N) is 1. The van der Waals surface area contributed by atoms with Gasteiger partial charge in [0.15, 0.2) is 0 Å². The predicted octanol–water partition coefficient (Wildman–Crippen LogP) is 1.43. The molecule has 1 aromatic heterocycles. The van der Waals surface area contributed by atoms with Crippen LogP contribution in [-0.2, 0) is 4.79 Å². The molecule has 1 aromatic rings. The first-order valence-corrected chi connectivity index (χ1v) is 4.27. The molecule has 1 unspecified atom stereocenters. The van der Waals surface area contributed by atoms with Crippen LogP contribution in [0.2, 0.25) is 0 Å². The number of alkyl halides is 1. The molecule has 0 aliphatic heterocycles. The van der Waals surface area contributed by atoms with E-state index in [4.69, 9.17) is 11.6 Å². The number of aromatic nitrogens is 1. The maximum atomic E-state index is 11.2. The van der Waals surface area contributed by atoms with Crippen molar-refractivity contribution in [2.45, 2.75) is 6.92 Å². The number of rotatable bonds is 3. The van der Waals surface area contributed by atoms with E-state index < -0.39 is 0 Å². The SMILES string of the molecule is CC(CCl)C(=O)Nn1cccc1. The molecule has 0 aliphatic carbocycles. The molecule has 0 bridgehead atoms. The van der Waals surface area contributed by atoms with E-state index in [9.17, 15) is 4.79 Å². The molecule has 0 saturated heterocycles. The van der Waals surface area contributed by atoms with Gasteiger partial charge < -0.3 is 0 Å². The minimum atomic E-state index is -0.158. The molecule has 0 radical (unpaired) electrons. The van der Waals surface area contributed by atoms with Gasteiger partial charge in [-0.2, -0.15) is 0 Å². The third-order valence-corrected chi connectivity index (χ3v) is 1.99. The van der Waals surface area contributed by atoms with Gasteiger partial charge in [0.2, 0.25) is 5.91 Å². The summed E-state index contributed by atoms with van der Waals surface area (Å²) in [5.74, 6) is 0.114.